The molecular formula is C4H3O4-. The van der Waals surface area contributed by atoms with Gasteiger partial charge in [-0.2, -0.15) is 0 Å². The van der Waals surface area contributed by atoms with Gasteiger partial charge in [0, 0.05) is 0 Å². The molecule has 0 saturated carbocycles. The van der Waals surface area contributed by atoms with Gasteiger partial charge in [-0.05, 0) is 0 Å². The molecule has 0 amide bonds. The van der Waals surface area contributed by atoms with Crippen LogP contribution < -0.4 is 5.11 Å². The molecule has 0 unspecified atom stereocenters. The first-order valence-corrected chi connectivity index (χ1v) is 1.86. The fourth-order valence-electron chi connectivity index (χ4n) is 0.159. The number of aliphatic carboxylic acids is 1. The molecule has 44 valence electrons. The van der Waals surface area contributed by atoms with E-state index in [9.17, 15) is 19.5 Å². The number of hydrogen-bond acceptors (Lipinski definition) is 4. The van der Waals surface area contributed by atoms with E-state index < -0.39 is 18.2 Å². The zero-order valence-electron chi connectivity index (χ0n) is 3.92. The van der Waals surface area contributed by atoms with Crippen LogP contribution in [-0.4, -0.2) is 18.0 Å². The smallest absolute Gasteiger partial charge is 0.185 e. The summed E-state index contributed by atoms with van der Waals surface area (Å²) in [5.74, 6) is -2.99. The van der Waals surface area contributed by atoms with Gasteiger partial charge in [0.2, 0.25) is 0 Å². The summed E-state index contributed by atoms with van der Waals surface area (Å²) in [4.78, 5) is 28.7. The van der Waals surface area contributed by atoms with E-state index in [1.54, 1.807) is 0 Å². The first kappa shape index (κ1) is 6.81. The molecule has 0 bridgehead atoms. The van der Waals surface area contributed by atoms with E-state index in [1.165, 1.54) is 0 Å². The van der Waals surface area contributed by atoms with Crippen LogP contribution in [0.3, 0.4) is 0 Å². The van der Waals surface area contributed by atoms with E-state index in [-0.39, 0.29) is 6.29 Å². The Morgan fingerprint density at radius 1 is 1.50 bits per heavy atom. The number of carbonyl (C=O) groups excluding carboxylic acids is 3. The van der Waals surface area contributed by atoms with Gasteiger partial charge in [-0.1, -0.05) is 0 Å². The van der Waals surface area contributed by atoms with Crippen molar-refractivity contribution in [3.8, 4) is 0 Å². The van der Waals surface area contributed by atoms with Crippen molar-refractivity contribution in [1.29, 1.82) is 0 Å². The molecule has 0 spiro atoms. The summed E-state index contributed by atoms with van der Waals surface area (Å²) in [7, 11) is 0. The molecule has 0 aliphatic carbocycles. The van der Waals surface area contributed by atoms with Crippen molar-refractivity contribution in [2.45, 2.75) is 6.42 Å². The van der Waals surface area contributed by atoms with Crippen LogP contribution in [0.15, 0.2) is 0 Å². The topological polar surface area (TPSA) is 74.3 Å². The fourth-order valence-corrected chi connectivity index (χ4v) is 0.159. The van der Waals surface area contributed by atoms with Crippen molar-refractivity contribution >= 4 is 18.0 Å². The van der Waals surface area contributed by atoms with E-state index in [0.29, 0.717) is 0 Å². The molecule has 0 radical (unpaired) electrons. The van der Waals surface area contributed by atoms with E-state index in [0.717, 1.165) is 0 Å². The molecule has 0 aromatic rings. The van der Waals surface area contributed by atoms with Crippen molar-refractivity contribution in [3.05, 3.63) is 0 Å². The number of carbonyl (C=O) groups is 3. The molecule has 4 heteroatoms. The van der Waals surface area contributed by atoms with Gasteiger partial charge in [-0.15, -0.1) is 0 Å². The maximum Gasteiger partial charge on any atom is 0.185 e. The number of carboxylic acids is 1. The van der Waals surface area contributed by atoms with Crippen molar-refractivity contribution in [2.24, 2.45) is 0 Å². The van der Waals surface area contributed by atoms with Crippen molar-refractivity contribution in [1.82, 2.24) is 0 Å². The normalized spacial score (nSPS) is 8.00. The van der Waals surface area contributed by atoms with E-state index in [2.05, 4.69) is 0 Å². The van der Waals surface area contributed by atoms with E-state index in [4.69, 9.17) is 0 Å². The van der Waals surface area contributed by atoms with Crippen LogP contribution in [-0.2, 0) is 14.4 Å². The minimum absolute atomic E-state index is 0.220. The second kappa shape index (κ2) is 2.90. The molecule has 0 aliphatic heterocycles. The minimum atomic E-state index is -1.81. The summed E-state index contributed by atoms with van der Waals surface area (Å²) in [6.45, 7) is 0. The third-order valence-corrected chi connectivity index (χ3v) is 0.496. The Kier molecular flexibility index (Phi) is 2.47. The molecular weight excluding hydrogens is 112 g/mol. The Labute approximate surface area is 45.1 Å². The summed E-state index contributed by atoms with van der Waals surface area (Å²) in [6.07, 6.45) is -0.375. The Morgan fingerprint density at radius 2 is 2.00 bits per heavy atom. The molecule has 8 heavy (non-hydrogen) atoms. The zero-order chi connectivity index (χ0) is 6.57. The Hall–Kier alpha value is -1.19. The third kappa shape index (κ3) is 2.07. The summed E-state index contributed by atoms with van der Waals surface area (Å²) in [6, 6.07) is 0. The van der Waals surface area contributed by atoms with Gasteiger partial charge in [0.25, 0.3) is 0 Å². The fraction of sp³-hybridized carbons (Fsp3) is 0.250. The molecule has 0 rings (SSSR count). The first-order valence-electron chi connectivity index (χ1n) is 1.86. The lowest BCUT2D eigenvalue weighted by Gasteiger charge is -1.91. The molecule has 0 aliphatic rings. The predicted octanol–water partition coefficient (Wildman–Crippen LogP) is -2.11. The van der Waals surface area contributed by atoms with Gasteiger partial charge in [0.1, 0.15) is 12.3 Å². The number of carboxylic acid groups (broad SMARTS) is 1. The largest absolute Gasteiger partial charge is 0.542 e. The van der Waals surface area contributed by atoms with Crippen LogP contribution in [0, 0.1) is 0 Å². The highest BCUT2D eigenvalue weighted by Crippen LogP contribution is 1.72. The monoisotopic (exact) mass is 115 g/mol. The van der Waals surface area contributed by atoms with Crippen LogP contribution in [0.5, 0.6) is 0 Å². The minimum Gasteiger partial charge on any atom is -0.542 e. The molecule has 0 N–H and O–H groups in total. The predicted molar refractivity (Wildman–Crippen MR) is 20.7 cm³/mol. The average molecular weight is 115 g/mol. The van der Waals surface area contributed by atoms with Crippen molar-refractivity contribution < 1.29 is 19.5 Å². The molecule has 0 saturated heterocycles. The van der Waals surface area contributed by atoms with Gasteiger partial charge in [-0.25, -0.2) is 0 Å². The Morgan fingerprint density at radius 3 is 2.12 bits per heavy atom. The average Bonchev–Trinajstić information content (AvgIpc) is 1.67. The number of ketones is 1. The van der Waals surface area contributed by atoms with Crippen LogP contribution in [0.25, 0.3) is 0 Å². The lowest BCUT2D eigenvalue weighted by atomic mass is 10.3. The van der Waals surface area contributed by atoms with Gasteiger partial charge >= 0.3 is 0 Å². The summed E-state index contributed by atoms with van der Waals surface area (Å²) in [5.41, 5.74) is 0. The first-order chi connectivity index (χ1) is 3.68. The third-order valence-electron chi connectivity index (χ3n) is 0.496. The quantitative estimate of drug-likeness (QED) is 0.240. The number of rotatable bonds is 3. The summed E-state index contributed by atoms with van der Waals surface area (Å²) in [5, 5.41) is 9.47. The van der Waals surface area contributed by atoms with E-state index >= 15 is 0 Å². The molecule has 0 aromatic carbocycles. The molecule has 0 atom stereocenters. The highest BCUT2D eigenvalue weighted by atomic mass is 16.4. The maximum atomic E-state index is 9.85. The zero-order valence-corrected chi connectivity index (χ0v) is 3.92. The summed E-state index contributed by atoms with van der Waals surface area (Å²) < 4.78 is 0. The SMILES string of the molecule is O=CCC(=O)C(=O)[O-]. The van der Waals surface area contributed by atoms with E-state index in [1.807, 2.05) is 0 Å². The number of Topliss-reactive ketones (excluding diaryl/α,β-unsaturated/α-hetero) is 1. The second-order valence-corrected chi connectivity index (χ2v) is 1.08. The maximum absolute atomic E-state index is 9.85. The van der Waals surface area contributed by atoms with Crippen LogP contribution in [0.1, 0.15) is 6.42 Å². The Balaban J connectivity index is 3.65. The highest BCUT2D eigenvalue weighted by molar-refractivity contribution is 6.34. The number of aldehydes is 1. The van der Waals surface area contributed by atoms with Crippen LogP contribution >= 0.6 is 0 Å². The van der Waals surface area contributed by atoms with Gasteiger partial charge in [0.15, 0.2) is 5.78 Å². The Bertz CT molecular complexity index is 126. The van der Waals surface area contributed by atoms with Gasteiger partial charge < -0.3 is 14.7 Å². The van der Waals surface area contributed by atoms with Crippen LogP contribution in [0.2, 0.25) is 0 Å². The second-order valence-electron chi connectivity index (χ2n) is 1.08. The van der Waals surface area contributed by atoms with Gasteiger partial charge in [-0.3, -0.25) is 4.79 Å². The lowest BCUT2D eigenvalue weighted by Crippen LogP contribution is -2.31. The molecule has 0 heterocycles. The molecule has 0 fully saturated rings. The van der Waals surface area contributed by atoms with Gasteiger partial charge in [0.05, 0.1) is 6.42 Å². The highest BCUT2D eigenvalue weighted by Gasteiger charge is 1.97. The number of hydrogen-bond donors (Lipinski definition) is 0. The van der Waals surface area contributed by atoms with Crippen molar-refractivity contribution in [2.75, 3.05) is 0 Å². The lowest BCUT2D eigenvalue weighted by molar-refractivity contribution is -0.299. The summed E-state index contributed by atoms with van der Waals surface area (Å²) >= 11 is 0. The molecule has 4 nitrogen and oxygen atoms in total. The standard InChI is InChI=1S/C4H4O4/c5-2-1-3(6)4(7)8/h2H,1H2,(H,7,8)/p-1. The molecule has 0 aromatic heterocycles. The van der Waals surface area contributed by atoms with Crippen LogP contribution in [0.4, 0.5) is 0 Å². The van der Waals surface area contributed by atoms with Crippen molar-refractivity contribution in [3.63, 3.8) is 0 Å².